The van der Waals surface area contributed by atoms with Gasteiger partial charge in [-0.05, 0) is 80.1 Å². The summed E-state index contributed by atoms with van der Waals surface area (Å²) in [6, 6.07) is 14.2. The second kappa shape index (κ2) is 12.7. The number of carbonyl (C=O) groups excluding carboxylic acids is 1. The molecule has 4 rings (SSSR count). The summed E-state index contributed by atoms with van der Waals surface area (Å²) in [5.41, 5.74) is 2.00. The lowest BCUT2D eigenvalue weighted by Gasteiger charge is -2.30. The lowest BCUT2D eigenvalue weighted by molar-refractivity contribution is -0.126. The highest BCUT2D eigenvalue weighted by molar-refractivity contribution is 7.98. The monoisotopic (exact) mass is 498 g/mol. The van der Waals surface area contributed by atoms with Crippen LogP contribution in [0.2, 0.25) is 0 Å². The van der Waals surface area contributed by atoms with Crippen molar-refractivity contribution in [2.45, 2.75) is 31.6 Å². The van der Waals surface area contributed by atoms with Crippen LogP contribution < -0.4 is 10.1 Å². The van der Waals surface area contributed by atoms with E-state index in [1.807, 2.05) is 36.4 Å². The van der Waals surface area contributed by atoms with E-state index in [-0.39, 0.29) is 17.6 Å². The first kappa shape index (κ1) is 25.2. The van der Waals surface area contributed by atoms with Crippen LogP contribution in [0.5, 0.6) is 5.75 Å². The van der Waals surface area contributed by atoms with Gasteiger partial charge in [0.2, 0.25) is 17.6 Å². The summed E-state index contributed by atoms with van der Waals surface area (Å²) in [5, 5.41) is 7.17. The normalized spacial score (nSPS) is 14.7. The maximum atomic E-state index is 12.9. The second-order valence-electron chi connectivity index (χ2n) is 8.61. The van der Waals surface area contributed by atoms with E-state index in [1.54, 1.807) is 18.9 Å². The van der Waals surface area contributed by atoms with Crippen molar-refractivity contribution in [2.75, 3.05) is 32.5 Å². The number of likely N-dealkylation sites (tertiary alicyclic amines) is 1. The third-order valence-electron chi connectivity index (χ3n) is 6.08. The van der Waals surface area contributed by atoms with Gasteiger partial charge in [0.15, 0.2) is 0 Å². The van der Waals surface area contributed by atoms with Crippen LogP contribution in [0.3, 0.4) is 0 Å². The van der Waals surface area contributed by atoms with E-state index < -0.39 is 0 Å². The molecule has 1 amide bonds. The van der Waals surface area contributed by atoms with Crippen LogP contribution in [0.25, 0.3) is 11.4 Å². The quantitative estimate of drug-likeness (QED) is 0.389. The van der Waals surface area contributed by atoms with Gasteiger partial charge in [0.1, 0.15) is 11.6 Å². The van der Waals surface area contributed by atoms with Crippen molar-refractivity contribution in [3.63, 3.8) is 0 Å². The number of thioether (sulfide) groups is 1. The highest BCUT2D eigenvalue weighted by Crippen LogP contribution is 2.22. The molecular formula is C26H31FN4O3S. The number of piperidine rings is 1. The molecule has 0 saturated carbocycles. The van der Waals surface area contributed by atoms with E-state index in [0.717, 1.165) is 60.7 Å². The number of aromatic nitrogens is 2. The van der Waals surface area contributed by atoms with Gasteiger partial charge in [0, 0.05) is 23.8 Å². The van der Waals surface area contributed by atoms with Crippen LogP contribution in [-0.2, 0) is 17.1 Å². The van der Waals surface area contributed by atoms with Crippen molar-refractivity contribution >= 4 is 17.7 Å². The van der Waals surface area contributed by atoms with Crippen LogP contribution >= 0.6 is 11.8 Å². The molecule has 1 N–H and O–H groups in total. The Morgan fingerprint density at radius 3 is 2.63 bits per heavy atom. The van der Waals surface area contributed by atoms with Crippen LogP contribution in [-0.4, -0.2) is 53.4 Å². The molecule has 1 aliphatic rings. The smallest absolute Gasteiger partial charge is 0.241 e. The average molecular weight is 499 g/mol. The standard InChI is InChI=1S/C26H31FN4O3S/c1-33-23-9-5-20(6-10-23)25-29-24(34-30-25)17-31-14-11-21(12-15-31)26(32)28-13-2-16-35-18-19-3-7-22(27)8-4-19/h3-10,21H,2,11-18H2,1H3,(H,28,32). The van der Waals surface area contributed by atoms with Crippen molar-refractivity contribution in [3.05, 3.63) is 65.8 Å². The highest BCUT2D eigenvalue weighted by atomic mass is 32.2. The van der Waals surface area contributed by atoms with Crippen LogP contribution in [0, 0.1) is 11.7 Å². The Hall–Kier alpha value is -2.91. The Morgan fingerprint density at radius 2 is 1.91 bits per heavy atom. The van der Waals surface area contributed by atoms with E-state index in [1.165, 1.54) is 12.1 Å². The van der Waals surface area contributed by atoms with Crippen molar-refractivity contribution in [2.24, 2.45) is 5.92 Å². The fraction of sp³-hybridized carbons (Fsp3) is 0.423. The summed E-state index contributed by atoms with van der Waals surface area (Å²) in [6.45, 7) is 2.92. The van der Waals surface area contributed by atoms with Gasteiger partial charge in [-0.1, -0.05) is 17.3 Å². The average Bonchev–Trinajstić information content (AvgIpc) is 3.36. The molecule has 9 heteroatoms. The molecule has 1 aliphatic heterocycles. The van der Waals surface area contributed by atoms with Gasteiger partial charge in [0.25, 0.3) is 0 Å². The number of nitrogens with zero attached hydrogens (tertiary/aromatic N) is 3. The maximum Gasteiger partial charge on any atom is 0.241 e. The predicted octanol–water partition coefficient (Wildman–Crippen LogP) is 4.54. The number of methoxy groups -OCH3 is 1. The van der Waals surface area contributed by atoms with E-state index >= 15 is 0 Å². The minimum Gasteiger partial charge on any atom is -0.497 e. The molecule has 1 fully saturated rings. The van der Waals surface area contributed by atoms with Crippen LogP contribution in [0.4, 0.5) is 4.39 Å². The molecule has 0 bridgehead atoms. The Labute approximate surface area is 209 Å². The first-order valence-corrected chi connectivity index (χ1v) is 13.1. The number of nitrogens with one attached hydrogen (secondary N) is 1. The van der Waals surface area contributed by atoms with Crippen LogP contribution in [0.15, 0.2) is 53.1 Å². The molecule has 0 radical (unpaired) electrons. The van der Waals surface area contributed by atoms with Gasteiger partial charge in [-0.2, -0.15) is 16.7 Å². The van der Waals surface area contributed by atoms with E-state index in [0.29, 0.717) is 24.8 Å². The molecule has 0 unspecified atom stereocenters. The molecule has 0 spiro atoms. The zero-order valence-corrected chi connectivity index (χ0v) is 20.7. The Kier molecular flexibility index (Phi) is 9.14. The lowest BCUT2D eigenvalue weighted by Crippen LogP contribution is -2.40. The predicted molar refractivity (Wildman–Crippen MR) is 134 cm³/mol. The summed E-state index contributed by atoms with van der Waals surface area (Å²) in [6.07, 6.45) is 2.57. The number of ether oxygens (including phenoxy) is 1. The number of hydrogen-bond acceptors (Lipinski definition) is 7. The topological polar surface area (TPSA) is 80.5 Å². The molecule has 3 aromatic rings. The fourth-order valence-electron chi connectivity index (χ4n) is 4.02. The summed E-state index contributed by atoms with van der Waals surface area (Å²) < 4.78 is 23.6. The second-order valence-corrected chi connectivity index (χ2v) is 9.72. The number of benzene rings is 2. The molecule has 0 atom stereocenters. The number of halogens is 1. The third-order valence-corrected chi connectivity index (χ3v) is 7.20. The van der Waals surface area contributed by atoms with Crippen LogP contribution in [0.1, 0.15) is 30.7 Å². The molecule has 186 valence electrons. The summed E-state index contributed by atoms with van der Waals surface area (Å²) >= 11 is 1.80. The van der Waals surface area contributed by atoms with Gasteiger partial charge in [-0.3, -0.25) is 9.69 Å². The Bertz CT molecular complexity index is 1070. The van der Waals surface area contributed by atoms with Gasteiger partial charge in [-0.25, -0.2) is 4.39 Å². The minimum atomic E-state index is -0.208. The van der Waals surface area contributed by atoms with Gasteiger partial charge >= 0.3 is 0 Å². The first-order valence-electron chi connectivity index (χ1n) is 11.9. The highest BCUT2D eigenvalue weighted by Gasteiger charge is 2.25. The van der Waals surface area contributed by atoms with E-state index in [4.69, 9.17) is 9.26 Å². The molecular weight excluding hydrogens is 467 g/mol. The molecule has 7 nitrogen and oxygen atoms in total. The molecule has 0 aliphatic carbocycles. The number of rotatable bonds is 11. The van der Waals surface area contributed by atoms with Crippen molar-refractivity contribution in [1.29, 1.82) is 0 Å². The molecule has 35 heavy (non-hydrogen) atoms. The van der Waals surface area contributed by atoms with E-state index in [9.17, 15) is 9.18 Å². The molecule has 1 aromatic heterocycles. The zero-order valence-electron chi connectivity index (χ0n) is 19.9. The molecule has 1 saturated heterocycles. The summed E-state index contributed by atoms with van der Waals surface area (Å²) in [7, 11) is 1.63. The Balaban J connectivity index is 1.11. The zero-order chi connectivity index (χ0) is 24.5. The largest absolute Gasteiger partial charge is 0.497 e. The van der Waals surface area contributed by atoms with Crippen molar-refractivity contribution in [3.8, 4) is 17.1 Å². The summed E-state index contributed by atoms with van der Waals surface area (Å²) in [5.74, 6) is 3.73. The lowest BCUT2D eigenvalue weighted by atomic mass is 9.96. The van der Waals surface area contributed by atoms with E-state index in [2.05, 4.69) is 20.4 Å². The number of amides is 1. The SMILES string of the molecule is COc1ccc(-c2noc(CN3CCC(C(=O)NCCCSCc4ccc(F)cc4)CC3)n2)cc1. The number of carbonyl (C=O) groups is 1. The fourth-order valence-corrected chi connectivity index (χ4v) is 4.94. The third kappa shape index (κ3) is 7.53. The number of hydrogen-bond donors (Lipinski definition) is 1. The Morgan fingerprint density at radius 1 is 1.17 bits per heavy atom. The summed E-state index contributed by atoms with van der Waals surface area (Å²) in [4.78, 5) is 19.3. The van der Waals surface area contributed by atoms with Gasteiger partial charge in [0.05, 0.1) is 13.7 Å². The minimum absolute atomic E-state index is 0.0515. The van der Waals surface area contributed by atoms with Gasteiger partial charge < -0.3 is 14.6 Å². The molecule has 2 heterocycles. The van der Waals surface area contributed by atoms with Gasteiger partial charge in [-0.15, -0.1) is 0 Å². The molecule has 2 aromatic carbocycles. The van der Waals surface area contributed by atoms with Crippen molar-refractivity contribution < 1.29 is 18.4 Å². The first-order chi connectivity index (χ1) is 17.1. The maximum absolute atomic E-state index is 12.9. The van der Waals surface area contributed by atoms with Crippen molar-refractivity contribution in [1.82, 2.24) is 20.4 Å².